The summed E-state index contributed by atoms with van der Waals surface area (Å²) in [6.07, 6.45) is 1.79. The van der Waals surface area contributed by atoms with E-state index in [-0.39, 0.29) is 0 Å². The van der Waals surface area contributed by atoms with Gasteiger partial charge in [0.15, 0.2) is 0 Å². The first-order chi connectivity index (χ1) is 9.76. The van der Waals surface area contributed by atoms with Gasteiger partial charge in [0.2, 0.25) is 5.82 Å². The lowest BCUT2D eigenvalue weighted by atomic mass is 10.1. The van der Waals surface area contributed by atoms with Gasteiger partial charge in [-0.1, -0.05) is 48.5 Å². The second-order valence-electron chi connectivity index (χ2n) is 4.21. The van der Waals surface area contributed by atoms with Crippen molar-refractivity contribution >= 4 is 17.7 Å². The van der Waals surface area contributed by atoms with Crippen LogP contribution in [-0.4, -0.2) is 20.2 Å². The summed E-state index contributed by atoms with van der Waals surface area (Å²) in [5.74, 6) is 0.579. The second-order valence-corrected chi connectivity index (χ2v) is 4.64. The number of nitrogens with zero attached hydrogens (tertiary/aromatic N) is 4. The van der Waals surface area contributed by atoms with Crippen LogP contribution in [0.25, 0.3) is 23.2 Å². The van der Waals surface area contributed by atoms with Crippen molar-refractivity contribution in [3.63, 3.8) is 0 Å². The van der Waals surface area contributed by atoms with Crippen LogP contribution < -0.4 is 0 Å². The molecular weight excluding hydrogens is 272 g/mol. The Kier molecular flexibility index (Phi) is 3.31. The molecule has 0 amide bonds. The van der Waals surface area contributed by atoms with Crippen LogP contribution in [0.3, 0.4) is 0 Å². The molecule has 0 fully saturated rings. The average molecular weight is 283 g/mol. The highest BCUT2D eigenvalue weighted by Gasteiger charge is 2.07. The van der Waals surface area contributed by atoms with Gasteiger partial charge in [-0.2, -0.15) is 0 Å². The molecule has 0 aliphatic carbocycles. The van der Waals surface area contributed by atoms with E-state index >= 15 is 0 Å². The van der Waals surface area contributed by atoms with Crippen LogP contribution >= 0.6 is 11.6 Å². The summed E-state index contributed by atoms with van der Waals surface area (Å²) in [4.78, 5) is 1.48. The van der Waals surface area contributed by atoms with Crippen LogP contribution in [0.4, 0.5) is 0 Å². The van der Waals surface area contributed by atoms with Gasteiger partial charge >= 0.3 is 0 Å². The molecule has 0 N–H and O–H groups in total. The SMILES string of the molecule is C=Cc1ccc(-c2nnn(-c3ccc(Cl)cc3)n2)cc1. The highest BCUT2D eigenvalue weighted by atomic mass is 35.5. The molecule has 1 heterocycles. The summed E-state index contributed by atoms with van der Waals surface area (Å²) in [6, 6.07) is 15.1. The normalized spacial score (nSPS) is 10.4. The van der Waals surface area contributed by atoms with Gasteiger partial charge in [-0.25, -0.2) is 0 Å². The Bertz CT molecular complexity index is 729. The molecule has 98 valence electrons. The Labute approximate surface area is 121 Å². The molecule has 0 bridgehead atoms. The van der Waals surface area contributed by atoms with Crippen LogP contribution in [0, 0.1) is 0 Å². The summed E-state index contributed by atoms with van der Waals surface area (Å²) in [7, 11) is 0. The van der Waals surface area contributed by atoms with Crippen molar-refractivity contribution in [1.82, 2.24) is 20.2 Å². The molecule has 20 heavy (non-hydrogen) atoms. The van der Waals surface area contributed by atoms with E-state index in [1.807, 2.05) is 36.4 Å². The minimum Gasteiger partial charge on any atom is -0.130 e. The van der Waals surface area contributed by atoms with Crippen molar-refractivity contribution in [3.8, 4) is 17.1 Å². The highest BCUT2D eigenvalue weighted by Crippen LogP contribution is 2.17. The van der Waals surface area contributed by atoms with Crippen LogP contribution in [0.1, 0.15) is 5.56 Å². The third-order valence-corrected chi connectivity index (χ3v) is 3.13. The summed E-state index contributed by atoms with van der Waals surface area (Å²) >= 11 is 5.86. The Morgan fingerprint density at radius 3 is 2.35 bits per heavy atom. The fraction of sp³-hybridized carbons (Fsp3) is 0. The van der Waals surface area contributed by atoms with Crippen LogP contribution in [0.2, 0.25) is 5.02 Å². The van der Waals surface area contributed by atoms with E-state index in [0.29, 0.717) is 10.8 Å². The number of hydrogen-bond acceptors (Lipinski definition) is 3. The van der Waals surface area contributed by atoms with Crippen LogP contribution in [0.5, 0.6) is 0 Å². The van der Waals surface area contributed by atoms with Crippen molar-refractivity contribution in [2.45, 2.75) is 0 Å². The maximum atomic E-state index is 5.86. The standard InChI is InChI=1S/C15H11ClN4/c1-2-11-3-5-12(6-4-11)15-17-19-20(18-15)14-9-7-13(16)8-10-14/h2-10H,1H2. The van der Waals surface area contributed by atoms with E-state index in [9.17, 15) is 0 Å². The van der Waals surface area contributed by atoms with Crippen LogP contribution in [0.15, 0.2) is 55.1 Å². The van der Waals surface area contributed by atoms with Gasteiger partial charge in [0.05, 0.1) is 5.69 Å². The van der Waals surface area contributed by atoms with Crippen molar-refractivity contribution in [2.24, 2.45) is 0 Å². The minimum atomic E-state index is 0.579. The molecule has 0 saturated carbocycles. The summed E-state index contributed by atoms with van der Waals surface area (Å²) in [5.41, 5.74) is 2.78. The quantitative estimate of drug-likeness (QED) is 0.737. The van der Waals surface area contributed by atoms with Gasteiger partial charge in [0.25, 0.3) is 0 Å². The summed E-state index contributed by atoms with van der Waals surface area (Å²) in [6.45, 7) is 3.73. The lowest BCUT2D eigenvalue weighted by molar-refractivity contribution is 0.720. The monoisotopic (exact) mass is 282 g/mol. The fourth-order valence-corrected chi connectivity index (χ4v) is 1.91. The van der Waals surface area contributed by atoms with E-state index in [0.717, 1.165) is 16.8 Å². The predicted octanol–water partition coefficient (Wildman–Crippen LogP) is 3.63. The molecule has 0 atom stereocenters. The van der Waals surface area contributed by atoms with Crippen molar-refractivity contribution in [2.75, 3.05) is 0 Å². The lowest BCUT2D eigenvalue weighted by Crippen LogP contribution is -1.98. The first-order valence-electron chi connectivity index (χ1n) is 6.05. The molecule has 5 heteroatoms. The van der Waals surface area contributed by atoms with E-state index in [2.05, 4.69) is 22.0 Å². The van der Waals surface area contributed by atoms with Gasteiger partial charge in [0.1, 0.15) is 0 Å². The number of aromatic nitrogens is 4. The molecule has 3 aromatic rings. The summed E-state index contributed by atoms with van der Waals surface area (Å²) in [5, 5.41) is 13.1. The van der Waals surface area contributed by atoms with Crippen molar-refractivity contribution in [1.29, 1.82) is 0 Å². The van der Waals surface area contributed by atoms with Crippen molar-refractivity contribution in [3.05, 3.63) is 65.7 Å². The number of hydrogen-bond donors (Lipinski definition) is 0. The zero-order valence-corrected chi connectivity index (χ0v) is 11.3. The zero-order chi connectivity index (χ0) is 13.9. The molecule has 0 radical (unpaired) electrons. The van der Waals surface area contributed by atoms with Gasteiger partial charge in [-0.15, -0.1) is 15.0 Å². The molecular formula is C15H11ClN4. The molecule has 0 spiro atoms. The Morgan fingerprint density at radius 2 is 1.70 bits per heavy atom. The first kappa shape index (κ1) is 12.6. The smallest absolute Gasteiger partial charge is 0.130 e. The maximum absolute atomic E-state index is 5.86. The number of halogens is 1. The van der Waals surface area contributed by atoms with Gasteiger partial charge in [0, 0.05) is 10.6 Å². The first-order valence-corrected chi connectivity index (χ1v) is 6.43. The van der Waals surface area contributed by atoms with E-state index < -0.39 is 0 Å². The molecule has 0 aliphatic rings. The third kappa shape index (κ3) is 2.46. The Balaban J connectivity index is 1.92. The average Bonchev–Trinajstić information content (AvgIpc) is 2.98. The minimum absolute atomic E-state index is 0.579. The topological polar surface area (TPSA) is 43.6 Å². The lowest BCUT2D eigenvalue weighted by Gasteiger charge is -1.98. The molecule has 1 aromatic heterocycles. The zero-order valence-electron chi connectivity index (χ0n) is 10.6. The van der Waals surface area contributed by atoms with Crippen LogP contribution in [-0.2, 0) is 0 Å². The Morgan fingerprint density at radius 1 is 1.00 bits per heavy atom. The molecule has 0 saturated heterocycles. The molecule has 2 aromatic carbocycles. The Hall–Kier alpha value is -2.46. The molecule has 4 nitrogen and oxygen atoms in total. The van der Waals surface area contributed by atoms with E-state index in [1.165, 1.54) is 4.80 Å². The summed E-state index contributed by atoms with van der Waals surface area (Å²) < 4.78 is 0. The highest BCUT2D eigenvalue weighted by molar-refractivity contribution is 6.30. The van der Waals surface area contributed by atoms with Gasteiger partial charge < -0.3 is 0 Å². The van der Waals surface area contributed by atoms with E-state index in [4.69, 9.17) is 11.6 Å². The number of tetrazole rings is 1. The third-order valence-electron chi connectivity index (χ3n) is 2.88. The number of benzene rings is 2. The molecule has 0 aliphatic heterocycles. The molecule has 0 unspecified atom stereocenters. The van der Waals surface area contributed by atoms with Gasteiger partial charge in [-0.3, -0.25) is 0 Å². The maximum Gasteiger partial charge on any atom is 0.205 e. The number of rotatable bonds is 3. The second kappa shape index (κ2) is 5.27. The van der Waals surface area contributed by atoms with E-state index in [1.54, 1.807) is 18.2 Å². The van der Waals surface area contributed by atoms with Crippen molar-refractivity contribution < 1.29 is 0 Å². The fourth-order valence-electron chi connectivity index (χ4n) is 1.78. The predicted molar refractivity (Wildman–Crippen MR) is 79.7 cm³/mol. The van der Waals surface area contributed by atoms with Gasteiger partial charge in [-0.05, 0) is 35.0 Å². The largest absolute Gasteiger partial charge is 0.205 e. The molecule has 3 rings (SSSR count).